The van der Waals surface area contributed by atoms with E-state index in [2.05, 4.69) is 13.8 Å². The summed E-state index contributed by atoms with van der Waals surface area (Å²) in [5.74, 6) is 1.08. The Labute approximate surface area is 186 Å². The zero-order valence-corrected chi connectivity index (χ0v) is 19.9. The summed E-state index contributed by atoms with van der Waals surface area (Å²) in [4.78, 5) is 12.4. The van der Waals surface area contributed by atoms with Crippen LogP contribution in [0.2, 0.25) is 0 Å². The van der Waals surface area contributed by atoms with Crippen molar-refractivity contribution in [1.29, 1.82) is 0 Å². The van der Waals surface area contributed by atoms with Crippen LogP contribution in [-0.4, -0.2) is 55.8 Å². The fourth-order valence-corrected chi connectivity index (χ4v) is 9.15. The molecule has 0 aromatic heterocycles. The van der Waals surface area contributed by atoms with Crippen molar-refractivity contribution in [3.63, 3.8) is 0 Å². The largest absolute Gasteiger partial charge is 0.393 e. The Morgan fingerprint density at radius 1 is 1.00 bits per heavy atom. The SMILES string of the molecule is CC(=O)[C@]1(O)CC[C@H]2[C@@H]3C[C@@H](O)[C@H]4C[C@@]5(CC[C@]4(C)[C@H]3CC[C@@]21C)OCC(C)(C)N5O. The van der Waals surface area contributed by atoms with Gasteiger partial charge in [-0.25, -0.2) is 0 Å². The number of ketones is 1. The van der Waals surface area contributed by atoms with E-state index in [0.29, 0.717) is 31.3 Å². The van der Waals surface area contributed by atoms with Gasteiger partial charge in [-0.2, -0.15) is 5.06 Å². The van der Waals surface area contributed by atoms with Gasteiger partial charge in [-0.15, -0.1) is 0 Å². The summed E-state index contributed by atoms with van der Waals surface area (Å²) >= 11 is 0. The number of rotatable bonds is 1. The normalized spacial score (nSPS) is 56.2. The second-order valence-corrected chi connectivity index (χ2v) is 12.8. The van der Waals surface area contributed by atoms with E-state index in [4.69, 9.17) is 4.74 Å². The predicted molar refractivity (Wildman–Crippen MR) is 115 cm³/mol. The number of Topliss-reactive ketones (excluding diaryl/α,β-unsaturated/α-hetero) is 1. The van der Waals surface area contributed by atoms with Gasteiger partial charge in [0.2, 0.25) is 0 Å². The molecule has 0 bridgehead atoms. The predicted octanol–water partition coefficient (Wildman–Crippen LogP) is 3.52. The summed E-state index contributed by atoms with van der Waals surface area (Å²) in [6.45, 7) is 10.5. The maximum Gasteiger partial charge on any atom is 0.161 e. The second kappa shape index (κ2) is 6.53. The van der Waals surface area contributed by atoms with Crippen LogP contribution < -0.4 is 0 Å². The number of carbonyl (C=O) groups is 1. The van der Waals surface area contributed by atoms with Crippen LogP contribution in [-0.2, 0) is 9.53 Å². The third-order valence-electron chi connectivity index (χ3n) is 11.1. The lowest BCUT2D eigenvalue weighted by atomic mass is 9.43. The number of ether oxygens (including phenoxy) is 1. The summed E-state index contributed by atoms with van der Waals surface area (Å²) in [5, 5.41) is 35.1. The number of hydroxylamine groups is 2. The second-order valence-electron chi connectivity index (χ2n) is 12.8. The van der Waals surface area contributed by atoms with E-state index in [1.54, 1.807) is 0 Å². The molecule has 9 atom stereocenters. The van der Waals surface area contributed by atoms with Crippen LogP contribution in [0, 0.1) is 34.5 Å². The van der Waals surface area contributed by atoms with E-state index < -0.39 is 23.0 Å². The topological polar surface area (TPSA) is 90.2 Å². The van der Waals surface area contributed by atoms with Gasteiger partial charge in [-0.1, -0.05) is 13.8 Å². The van der Waals surface area contributed by atoms with Crippen molar-refractivity contribution in [2.75, 3.05) is 6.61 Å². The molecule has 5 aliphatic rings. The molecule has 0 radical (unpaired) electrons. The van der Waals surface area contributed by atoms with Crippen molar-refractivity contribution in [1.82, 2.24) is 5.06 Å². The minimum atomic E-state index is -1.22. The third-order valence-corrected chi connectivity index (χ3v) is 11.1. The van der Waals surface area contributed by atoms with Crippen molar-refractivity contribution in [3.05, 3.63) is 0 Å². The van der Waals surface area contributed by atoms with Crippen molar-refractivity contribution >= 4 is 5.78 Å². The Kier molecular flexibility index (Phi) is 4.69. The Hall–Kier alpha value is -0.530. The Morgan fingerprint density at radius 3 is 2.29 bits per heavy atom. The van der Waals surface area contributed by atoms with E-state index in [-0.39, 0.29) is 28.4 Å². The molecule has 1 heterocycles. The van der Waals surface area contributed by atoms with Crippen LogP contribution in [0.15, 0.2) is 0 Å². The standard InChI is InChI=1S/C25H41NO5/c1-15(27)25(29)9-7-18-16-12-20(28)19-13-24(26(30)21(2,3)14-31-24)11-10-22(19,4)17(16)6-8-23(18,25)5/h16-20,28-30H,6-14H2,1-5H3/t16-,17+,18+,19-,20-,22-,23+,24-,25-/m1/s1. The van der Waals surface area contributed by atoms with Gasteiger partial charge >= 0.3 is 0 Å². The highest BCUT2D eigenvalue weighted by Crippen LogP contribution is 2.69. The molecule has 1 spiro atoms. The molecule has 31 heavy (non-hydrogen) atoms. The Balaban J connectivity index is 1.44. The Bertz CT molecular complexity index is 786. The number of fused-ring (bicyclic) bond motifs is 5. The molecule has 5 rings (SSSR count). The number of nitrogens with zero attached hydrogens (tertiary/aromatic N) is 1. The first-order valence-corrected chi connectivity index (χ1v) is 12.4. The van der Waals surface area contributed by atoms with Crippen molar-refractivity contribution in [3.8, 4) is 0 Å². The highest BCUT2D eigenvalue weighted by molar-refractivity contribution is 5.86. The maximum atomic E-state index is 12.4. The molecule has 5 fully saturated rings. The first kappa shape index (κ1) is 22.3. The lowest BCUT2D eigenvalue weighted by Crippen LogP contribution is -2.64. The first-order chi connectivity index (χ1) is 14.3. The monoisotopic (exact) mass is 435 g/mol. The van der Waals surface area contributed by atoms with E-state index in [1.165, 1.54) is 12.0 Å². The average molecular weight is 436 g/mol. The summed E-state index contributed by atoms with van der Waals surface area (Å²) in [6.07, 6.45) is 5.91. The molecule has 3 N–H and O–H groups in total. The lowest BCUT2D eigenvalue weighted by molar-refractivity contribution is -0.292. The molecule has 0 amide bonds. The molecule has 1 saturated heterocycles. The van der Waals surface area contributed by atoms with Gasteiger partial charge in [0.1, 0.15) is 11.3 Å². The van der Waals surface area contributed by atoms with Gasteiger partial charge < -0.3 is 20.2 Å². The Morgan fingerprint density at radius 2 is 1.68 bits per heavy atom. The lowest BCUT2D eigenvalue weighted by Gasteiger charge is -2.64. The minimum absolute atomic E-state index is 0.0111. The fraction of sp³-hybridized carbons (Fsp3) is 0.960. The molecule has 1 aliphatic heterocycles. The highest BCUT2D eigenvalue weighted by Gasteiger charge is 2.69. The van der Waals surface area contributed by atoms with Crippen molar-refractivity contribution in [2.45, 2.75) is 109 Å². The fourth-order valence-electron chi connectivity index (χ4n) is 9.15. The summed E-state index contributed by atoms with van der Waals surface area (Å²) in [7, 11) is 0. The van der Waals surface area contributed by atoms with Gasteiger partial charge in [-0.3, -0.25) is 4.79 Å². The number of aliphatic hydroxyl groups excluding tert-OH is 1. The quantitative estimate of drug-likeness (QED) is 0.584. The van der Waals surface area contributed by atoms with E-state index in [9.17, 15) is 20.2 Å². The summed E-state index contributed by atoms with van der Waals surface area (Å²) in [6, 6.07) is 0. The molecular formula is C25H41NO5. The molecule has 0 unspecified atom stereocenters. The van der Waals surface area contributed by atoms with Crippen LogP contribution in [0.5, 0.6) is 0 Å². The first-order valence-electron chi connectivity index (χ1n) is 12.4. The summed E-state index contributed by atoms with van der Waals surface area (Å²) in [5.41, 5.74) is -2.72. The summed E-state index contributed by atoms with van der Waals surface area (Å²) < 4.78 is 6.22. The van der Waals surface area contributed by atoms with Crippen LogP contribution in [0.4, 0.5) is 0 Å². The molecule has 0 aromatic rings. The van der Waals surface area contributed by atoms with Crippen LogP contribution in [0.3, 0.4) is 0 Å². The van der Waals surface area contributed by atoms with E-state index in [1.807, 2.05) is 13.8 Å². The minimum Gasteiger partial charge on any atom is -0.393 e. The van der Waals surface area contributed by atoms with Gasteiger partial charge in [0.05, 0.1) is 18.2 Å². The van der Waals surface area contributed by atoms with E-state index >= 15 is 0 Å². The van der Waals surface area contributed by atoms with E-state index in [0.717, 1.165) is 38.5 Å². The highest BCUT2D eigenvalue weighted by atomic mass is 16.6. The van der Waals surface area contributed by atoms with Gasteiger partial charge in [0.25, 0.3) is 0 Å². The van der Waals surface area contributed by atoms with Gasteiger partial charge in [-0.05, 0) is 101 Å². The van der Waals surface area contributed by atoms with Gasteiger partial charge in [0.15, 0.2) is 5.78 Å². The van der Waals surface area contributed by atoms with Crippen molar-refractivity contribution in [2.24, 2.45) is 34.5 Å². The zero-order valence-electron chi connectivity index (χ0n) is 19.9. The zero-order chi connectivity index (χ0) is 22.6. The smallest absolute Gasteiger partial charge is 0.161 e. The molecule has 0 aromatic carbocycles. The third kappa shape index (κ3) is 2.66. The number of carbonyl (C=O) groups excluding carboxylic acids is 1. The maximum absolute atomic E-state index is 12.4. The van der Waals surface area contributed by atoms with Crippen LogP contribution in [0.25, 0.3) is 0 Å². The molecule has 6 nitrogen and oxygen atoms in total. The van der Waals surface area contributed by atoms with Crippen LogP contribution in [0.1, 0.15) is 86.0 Å². The molecule has 176 valence electrons. The van der Waals surface area contributed by atoms with Crippen LogP contribution >= 0.6 is 0 Å². The molecule has 6 heteroatoms. The molecular weight excluding hydrogens is 394 g/mol. The average Bonchev–Trinajstić information content (AvgIpc) is 3.10. The number of hydrogen-bond donors (Lipinski definition) is 3. The molecule has 4 saturated carbocycles. The molecule has 4 aliphatic carbocycles. The van der Waals surface area contributed by atoms with Gasteiger partial charge in [0, 0.05) is 5.41 Å². The number of hydrogen-bond acceptors (Lipinski definition) is 6. The number of aliphatic hydroxyl groups is 2. The van der Waals surface area contributed by atoms with Crippen molar-refractivity contribution < 1.29 is 25.0 Å².